The highest BCUT2D eigenvalue weighted by atomic mass is 32.1. The summed E-state index contributed by atoms with van der Waals surface area (Å²) in [7, 11) is 0. The summed E-state index contributed by atoms with van der Waals surface area (Å²) < 4.78 is 5.34. The van der Waals surface area contributed by atoms with E-state index >= 15 is 0 Å². The lowest BCUT2D eigenvalue weighted by Gasteiger charge is -2.22. The van der Waals surface area contributed by atoms with Gasteiger partial charge in [0.25, 0.3) is 0 Å². The molecule has 1 amide bonds. The number of ether oxygens (including phenoxy) is 1. The van der Waals surface area contributed by atoms with E-state index in [1.165, 1.54) is 0 Å². The number of aliphatic hydroxyl groups is 1. The van der Waals surface area contributed by atoms with Crippen LogP contribution in [0, 0.1) is 0 Å². The number of rotatable bonds is 5. The Labute approximate surface area is 170 Å². The number of benzene rings is 1. The number of β-amino-alcohol motifs (C(OH)–C–C–N with tert-alkyl or cyclic N) is 1. The second-order valence-electron chi connectivity index (χ2n) is 8.29. The Morgan fingerprint density at radius 3 is 2.93 bits per heavy atom. The predicted molar refractivity (Wildman–Crippen MR) is 111 cm³/mol. The molecule has 0 aliphatic carbocycles. The number of aliphatic hydroxyl groups excluding tert-OH is 1. The van der Waals surface area contributed by atoms with Crippen LogP contribution in [0.4, 0.5) is 4.79 Å². The lowest BCUT2D eigenvalue weighted by Crippen LogP contribution is -2.34. The van der Waals surface area contributed by atoms with Crippen molar-refractivity contribution in [2.75, 3.05) is 13.1 Å². The third-order valence-electron chi connectivity index (χ3n) is 4.56. The number of likely N-dealkylation sites (tertiary alicyclic amines) is 1. The zero-order valence-electron chi connectivity index (χ0n) is 16.9. The van der Waals surface area contributed by atoms with E-state index in [1.54, 1.807) is 11.3 Å². The van der Waals surface area contributed by atoms with E-state index < -0.39 is 11.7 Å². The third kappa shape index (κ3) is 5.77. The Balaban J connectivity index is 1.65. The Kier molecular flexibility index (Phi) is 6.37. The van der Waals surface area contributed by atoms with E-state index in [-0.39, 0.29) is 12.1 Å². The average molecular weight is 404 g/mol. The fraction of sp³-hybridized carbons (Fsp3) is 0.524. The van der Waals surface area contributed by atoms with E-state index in [4.69, 9.17) is 4.74 Å². The van der Waals surface area contributed by atoms with E-state index in [9.17, 15) is 9.90 Å². The number of alkyl carbamates (subject to hydrolysis) is 1. The van der Waals surface area contributed by atoms with Crippen LogP contribution in [0.1, 0.15) is 50.7 Å². The summed E-state index contributed by atoms with van der Waals surface area (Å²) in [4.78, 5) is 19.9. The third-order valence-corrected chi connectivity index (χ3v) is 5.60. The quantitative estimate of drug-likeness (QED) is 0.790. The van der Waals surface area contributed by atoms with Crippen molar-refractivity contribution in [1.29, 1.82) is 0 Å². The fourth-order valence-corrected chi connectivity index (χ4v) is 4.15. The highest BCUT2D eigenvalue weighted by Crippen LogP contribution is 2.29. The molecule has 1 aromatic heterocycles. The molecule has 2 N–H and O–H groups in total. The van der Waals surface area contributed by atoms with Gasteiger partial charge in [-0.1, -0.05) is 18.2 Å². The first-order valence-corrected chi connectivity index (χ1v) is 10.5. The van der Waals surface area contributed by atoms with Crippen molar-refractivity contribution in [2.45, 2.75) is 58.4 Å². The van der Waals surface area contributed by atoms with Gasteiger partial charge in [0.2, 0.25) is 0 Å². The summed E-state index contributed by atoms with van der Waals surface area (Å²) >= 11 is 1.67. The van der Waals surface area contributed by atoms with Crippen molar-refractivity contribution < 1.29 is 14.6 Å². The number of hydrogen-bond donors (Lipinski definition) is 2. The van der Waals surface area contributed by atoms with Crippen molar-refractivity contribution in [3.63, 3.8) is 0 Å². The number of thiazole rings is 1. The molecule has 0 radical (unpaired) electrons. The number of amides is 1. The van der Waals surface area contributed by atoms with Gasteiger partial charge in [-0.25, -0.2) is 9.78 Å². The molecule has 152 valence electrons. The molecule has 1 aliphatic heterocycles. The molecule has 1 fully saturated rings. The summed E-state index contributed by atoms with van der Waals surface area (Å²) in [5.74, 6) is 0. The van der Waals surface area contributed by atoms with Gasteiger partial charge >= 0.3 is 6.09 Å². The summed E-state index contributed by atoms with van der Waals surface area (Å²) in [6.07, 6.45) is 2.11. The van der Waals surface area contributed by atoms with Crippen molar-refractivity contribution in [2.24, 2.45) is 0 Å². The molecule has 0 bridgehead atoms. The first kappa shape index (κ1) is 20.8. The topological polar surface area (TPSA) is 74.7 Å². The maximum atomic E-state index is 12.0. The number of carbonyl (C=O) groups excluding carboxylic acids is 1. The van der Waals surface area contributed by atoms with Gasteiger partial charge in [-0.3, -0.25) is 4.90 Å². The molecule has 28 heavy (non-hydrogen) atoms. The van der Waals surface area contributed by atoms with Crippen molar-refractivity contribution in [3.8, 4) is 10.4 Å². The van der Waals surface area contributed by atoms with Gasteiger partial charge in [0.05, 0.1) is 23.6 Å². The van der Waals surface area contributed by atoms with Crippen LogP contribution in [-0.4, -0.2) is 45.9 Å². The molecular formula is C21H29N3O3S. The summed E-state index contributed by atoms with van der Waals surface area (Å²) in [5.41, 5.74) is 1.58. The number of nitrogens with zero attached hydrogens (tertiary/aromatic N) is 2. The molecule has 0 saturated carbocycles. The number of aromatic nitrogens is 1. The summed E-state index contributed by atoms with van der Waals surface area (Å²) in [6, 6.07) is 7.97. The minimum atomic E-state index is -0.518. The molecule has 1 aliphatic rings. The zero-order valence-corrected chi connectivity index (χ0v) is 17.8. The van der Waals surface area contributed by atoms with Crippen molar-refractivity contribution >= 4 is 17.4 Å². The first-order chi connectivity index (χ1) is 13.2. The van der Waals surface area contributed by atoms with E-state index in [2.05, 4.69) is 27.3 Å². The van der Waals surface area contributed by atoms with Gasteiger partial charge in [0, 0.05) is 19.3 Å². The van der Waals surface area contributed by atoms with Crippen LogP contribution in [0.2, 0.25) is 0 Å². The zero-order chi connectivity index (χ0) is 20.3. The van der Waals surface area contributed by atoms with E-state index in [1.807, 2.05) is 46.0 Å². The van der Waals surface area contributed by atoms with Crippen molar-refractivity contribution in [1.82, 2.24) is 15.2 Å². The summed E-state index contributed by atoms with van der Waals surface area (Å²) in [5, 5.41) is 13.6. The lowest BCUT2D eigenvalue weighted by atomic mass is 10.0. The monoisotopic (exact) mass is 403 g/mol. The van der Waals surface area contributed by atoms with Crippen LogP contribution in [0.5, 0.6) is 0 Å². The van der Waals surface area contributed by atoms with Crippen LogP contribution in [0.25, 0.3) is 10.4 Å². The number of nitrogens with one attached hydrogen (secondary N) is 1. The highest BCUT2D eigenvalue weighted by molar-refractivity contribution is 7.15. The van der Waals surface area contributed by atoms with Crippen molar-refractivity contribution in [3.05, 3.63) is 41.0 Å². The molecule has 0 unspecified atom stereocenters. The second kappa shape index (κ2) is 8.59. The first-order valence-electron chi connectivity index (χ1n) is 9.64. The minimum absolute atomic E-state index is 0.159. The Hall–Kier alpha value is -1.96. The molecule has 1 aromatic carbocycles. The molecule has 2 heterocycles. The molecule has 3 rings (SSSR count). The number of hydrogen-bond acceptors (Lipinski definition) is 6. The summed E-state index contributed by atoms with van der Waals surface area (Å²) in [6.45, 7) is 9.90. The SMILES string of the molecule is C[C@@H](NC(=O)OC(C)(C)C)c1cccc(-c2cnc(CN3CC[C@H](O)C3)s2)c1. The Bertz CT molecular complexity index is 815. The average Bonchev–Trinajstić information content (AvgIpc) is 3.22. The van der Waals surface area contributed by atoms with E-state index in [0.29, 0.717) is 0 Å². The van der Waals surface area contributed by atoms with Gasteiger partial charge in [0.15, 0.2) is 0 Å². The number of carbonyl (C=O) groups is 1. The fourth-order valence-electron chi connectivity index (χ4n) is 3.19. The minimum Gasteiger partial charge on any atom is -0.444 e. The Morgan fingerprint density at radius 1 is 1.46 bits per heavy atom. The smallest absolute Gasteiger partial charge is 0.408 e. The molecule has 6 nitrogen and oxygen atoms in total. The highest BCUT2D eigenvalue weighted by Gasteiger charge is 2.21. The molecule has 2 aromatic rings. The van der Waals surface area contributed by atoms with Gasteiger partial charge in [0.1, 0.15) is 10.6 Å². The maximum Gasteiger partial charge on any atom is 0.408 e. The standard InChI is InChI=1S/C21H29N3O3S/c1-14(23-20(26)27-21(2,3)4)15-6-5-7-16(10-15)18-11-22-19(28-18)13-24-9-8-17(25)12-24/h5-7,10-11,14,17,25H,8-9,12-13H2,1-4H3,(H,23,26)/t14-,17+/m1/s1. The lowest BCUT2D eigenvalue weighted by molar-refractivity contribution is 0.0508. The van der Waals surface area contributed by atoms with E-state index in [0.717, 1.165) is 47.1 Å². The van der Waals surface area contributed by atoms with Crippen LogP contribution >= 0.6 is 11.3 Å². The van der Waals surface area contributed by atoms with Gasteiger partial charge in [-0.15, -0.1) is 11.3 Å². The Morgan fingerprint density at radius 2 is 2.25 bits per heavy atom. The van der Waals surface area contributed by atoms with Crippen LogP contribution in [-0.2, 0) is 11.3 Å². The molecule has 7 heteroatoms. The van der Waals surface area contributed by atoms with Crippen LogP contribution < -0.4 is 5.32 Å². The van der Waals surface area contributed by atoms with Crippen LogP contribution in [0.15, 0.2) is 30.5 Å². The largest absolute Gasteiger partial charge is 0.444 e. The van der Waals surface area contributed by atoms with Gasteiger partial charge in [-0.2, -0.15) is 0 Å². The molecular weight excluding hydrogens is 374 g/mol. The van der Waals surface area contributed by atoms with Crippen LogP contribution in [0.3, 0.4) is 0 Å². The second-order valence-corrected chi connectivity index (χ2v) is 9.40. The molecule has 0 spiro atoms. The maximum absolute atomic E-state index is 12.0. The van der Waals surface area contributed by atoms with Gasteiger partial charge < -0.3 is 15.2 Å². The molecule has 1 saturated heterocycles. The predicted octanol–water partition coefficient (Wildman–Crippen LogP) is 3.96. The normalized spacial score (nSPS) is 18.8. The van der Waals surface area contributed by atoms with Gasteiger partial charge in [-0.05, 0) is 51.3 Å². The molecule has 2 atom stereocenters.